The molecule has 0 heterocycles. The van der Waals surface area contributed by atoms with E-state index >= 15 is 0 Å². The van der Waals surface area contributed by atoms with E-state index in [4.69, 9.17) is 10.00 Å². The monoisotopic (exact) mass is 491 g/mol. The third kappa shape index (κ3) is 11.4. The summed E-state index contributed by atoms with van der Waals surface area (Å²) >= 11 is 0. The van der Waals surface area contributed by atoms with Crippen LogP contribution in [0.1, 0.15) is 98.9 Å². The van der Waals surface area contributed by atoms with Crippen molar-refractivity contribution in [2.75, 3.05) is 6.61 Å². The summed E-state index contributed by atoms with van der Waals surface area (Å²) in [5, 5.41) is 8.90. The van der Waals surface area contributed by atoms with Gasteiger partial charge in [-0.25, -0.2) is 0 Å². The van der Waals surface area contributed by atoms with Gasteiger partial charge in [0.1, 0.15) is 5.75 Å². The number of hydrogen-bond donors (Lipinski definition) is 0. The number of unbranched alkanes of at least 4 members (excludes halogenated alkanes) is 9. The highest BCUT2D eigenvalue weighted by molar-refractivity contribution is 5.73. The number of benzene rings is 3. The van der Waals surface area contributed by atoms with Gasteiger partial charge in [0, 0.05) is 0 Å². The Morgan fingerprint density at radius 3 is 1.35 bits per heavy atom. The molecule has 0 N–H and O–H groups in total. The largest absolute Gasteiger partial charge is 0.494 e. The SMILES string of the molecule is CCCCCCCCCCCCOc1ccc(/C=C/c2ccc(/C=C/c3ccc(C#N)cc3)cc2)cc1. The van der Waals surface area contributed by atoms with Crippen molar-refractivity contribution in [3.63, 3.8) is 0 Å². The minimum atomic E-state index is 0.680. The first-order valence-electron chi connectivity index (χ1n) is 14.0. The van der Waals surface area contributed by atoms with E-state index in [2.05, 4.69) is 85.8 Å². The Hall–Kier alpha value is -3.57. The maximum Gasteiger partial charge on any atom is 0.119 e. The minimum Gasteiger partial charge on any atom is -0.494 e. The molecule has 0 spiro atoms. The quantitative estimate of drug-likeness (QED) is 0.147. The van der Waals surface area contributed by atoms with Crippen molar-refractivity contribution in [2.45, 2.75) is 71.1 Å². The lowest BCUT2D eigenvalue weighted by Crippen LogP contribution is -1.97. The van der Waals surface area contributed by atoms with Crippen LogP contribution in [0, 0.1) is 11.3 Å². The summed E-state index contributed by atoms with van der Waals surface area (Å²) in [7, 11) is 0. The van der Waals surface area contributed by atoms with E-state index in [1.807, 2.05) is 24.3 Å². The summed E-state index contributed by atoms with van der Waals surface area (Å²) in [5.41, 5.74) is 5.23. The molecule has 0 unspecified atom stereocenters. The Morgan fingerprint density at radius 2 is 0.919 bits per heavy atom. The molecule has 0 fully saturated rings. The van der Waals surface area contributed by atoms with Gasteiger partial charge in [-0.05, 0) is 52.9 Å². The molecule has 0 saturated heterocycles. The van der Waals surface area contributed by atoms with Crippen LogP contribution in [0.25, 0.3) is 24.3 Å². The van der Waals surface area contributed by atoms with Crippen LogP contribution in [0.15, 0.2) is 72.8 Å². The Labute approximate surface area is 224 Å². The smallest absolute Gasteiger partial charge is 0.119 e. The summed E-state index contributed by atoms with van der Waals surface area (Å²) in [4.78, 5) is 0. The van der Waals surface area contributed by atoms with Crippen molar-refractivity contribution in [3.8, 4) is 11.8 Å². The topological polar surface area (TPSA) is 33.0 Å². The zero-order valence-corrected chi connectivity index (χ0v) is 22.4. The summed E-state index contributed by atoms with van der Waals surface area (Å²) in [5.74, 6) is 0.950. The van der Waals surface area contributed by atoms with E-state index in [-0.39, 0.29) is 0 Å². The molecule has 192 valence electrons. The van der Waals surface area contributed by atoms with Crippen molar-refractivity contribution < 1.29 is 4.74 Å². The van der Waals surface area contributed by atoms with Crippen LogP contribution in [-0.4, -0.2) is 6.61 Å². The first-order chi connectivity index (χ1) is 18.3. The van der Waals surface area contributed by atoms with E-state index < -0.39 is 0 Å². The van der Waals surface area contributed by atoms with Crippen LogP contribution < -0.4 is 4.74 Å². The highest BCUT2D eigenvalue weighted by Crippen LogP contribution is 2.17. The van der Waals surface area contributed by atoms with E-state index in [0.29, 0.717) is 5.56 Å². The molecule has 37 heavy (non-hydrogen) atoms. The Bertz CT molecular complexity index is 1120. The minimum absolute atomic E-state index is 0.680. The molecule has 0 saturated carbocycles. The zero-order valence-electron chi connectivity index (χ0n) is 22.4. The Morgan fingerprint density at radius 1 is 0.541 bits per heavy atom. The molecule has 0 radical (unpaired) electrons. The molecule has 3 aromatic carbocycles. The lowest BCUT2D eigenvalue weighted by atomic mass is 10.1. The molecule has 2 heteroatoms. The van der Waals surface area contributed by atoms with E-state index in [0.717, 1.165) is 41.0 Å². The van der Waals surface area contributed by atoms with E-state index in [1.165, 1.54) is 57.8 Å². The second-order valence-electron chi connectivity index (χ2n) is 9.67. The number of hydrogen-bond acceptors (Lipinski definition) is 2. The lowest BCUT2D eigenvalue weighted by molar-refractivity contribution is 0.304. The van der Waals surface area contributed by atoms with E-state index in [9.17, 15) is 0 Å². The zero-order chi connectivity index (χ0) is 26.0. The van der Waals surface area contributed by atoms with Crippen LogP contribution >= 0.6 is 0 Å². The van der Waals surface area contributed by atoms with Gasteiger partial charge >= 0.3 is 0 Å². The third-order valence-electron chi connectivity index (χ3n) is 6.56. The van der Waals surface area contributed by atoms with Crippen LogP contribution in [0.2, 0.25) is 0 Å². The van der Waals surface area contributed by atoms with Crippen LogP contribution in [-0.2, 0) is 0 Å². The second kappa shape index (κ2) is 17.0. The van der Waals surface area contributed by atoms with Gasteiger partial charge in [0.05, 0.1) is 18.2 Å². The fourth-order valence-corrected chi connectivity index (χ4v) is 4.23. The normalized spacial score (nSPS) is 11.2. The number of nitrogens with zero attached hydrogens (tertiary/aromatic N) is 1. The molecule has 0 bridgehead atoms. The molecule has 0 amide bonds. The van der Waals surface area contributed by atoms with Gasteiger partial charge in [0.15, 0.2) is 0 Å². The van der Waals surface area contributed by atoms with Gasteiger partial charge in [-0.3, -0.25) is 0 Å². The van der Waals surface area contributed by atoms with Crippen LogP contribution in [0.4, 0.5) is 0 Å². The number of ether oxygens (including phenoxy) is 1. The number of rotatable bonds is 16. The average Bonchev–Trinajstić information content (AvgIpc) is 2.95. The van der Waals surface area contributed by atoms with Crippen molar-refractivity contribution >= 4 is 24.3 Å². The summed E-state index contributed by atoms with van der Waals surface area (Å²) < 4.78 is 5.93. The molecule has 0 aromatic heterocycles. The number of nitriles is 1. The average molecular weight is 492 g/mol. The molecule has 3 aromatic rings. The molecular formula is C35H41NO. The van der Waals surface area contributed by atoms with Crippen molar-refractivity contribution in [1.29, 1.82) is 5.26 Å². The maximum absolute atomic E-state index is 8.90. The van der Waals surface area contributed by atoms with Gasteiger partial charge in [-0.15, -0.1) is 0 Å². The van der Waals surface area contributed by atoms with Gasteiger partial charge in [0.2, 0.25) is 0 Å². The first-order valence-corrected chi connectivity index (χ1v) is 14.0. The first kappa shape index (κ1) is 28.0. The highest BCUT2D eigenvalue weighted by atomic mass is 16.5. The Balaban J connectivity index is 1.33. The van der Waals surface area contributed by atoms with Gasteiger partial charge in [-0.1, -0.05) is 138 Å². The van der Waals surface area contributed by atoms with Gasteiger partial charge < -0.3 is 4.74 Å². The maximum atomic E-state index is 8.90. The lowest BCUT2D eigenvalue weighted by Gasteiger charge is -2.06. The van der Waals surface area contributed by atoms with Gasteiger partial charge in [-0.2, -0.15) is 5.26 Å². The van der Waals surface area contributed by atoms with Crippen molar-refractivity contribution in [1.82, 2.24) is 0 Å². The third-order valence-corrected chi connectivity index (χ3v) is 6.56. The fraction of sp³-hybridized carbons (Fsp3) is 0.343. The molecular weight excluding hydrogens is 450 g/mol. The molecule has 2 nitrogen and oxygen atoms in total. The van der Waals surface area contributed by atoms with Crippen LogP contribution in [0.3, 0.4) is 0 Å². The summed E-state index contributed by atoms with van der Waals surface area (Å²) in [6.07, 6.45) is 21.8. The molecule has 0 aliphatic carbocycles. The predicted octanol–water partition coefficient (Wildman–Crippen LogP) is 10.2. The van der Waals surface area contributed by atoms with Crippen molar-refractivity contribution in [2.24, 2.45) is 0 Å². The van der Waals surface area contributed by atoms with Gasteiger partial charge in [0.25, 0.3) is 0 Å². The molecule has 3 rings (SSSR count). The Kier molecular flexibility index (Phi) is 12.9. The standard InChI is InChI=1S/C35H41NO/c1-2-3-4-5-6-7-8-9-10-11-28-37-35-26-24-33(25-27-35)19-18-31-14-12-30(13-15-31)16-17-32-20-22-34(29-36)23-21-32/h12-27H,2-11,28H2,1H3/b17-16+,19-18+. The predicted molar refractivity (Wildman–Crippen MR) is 159 cm³/mol. The molecule has 0 aliphatic rings. The highest BCUT2D eigenvalue weighted by Gasteiger charge is 1.97. The van der Waals surface area contributed by atoms with E-state index in [1.54, 1.807) is 0 Å². The van der Waals surface area contributed by atoms with Crippen molar-refractivity contribution in [3.05, 3.63) is 101 Å². The second-order valence-corrected chi connectivity index (χ2v) is 9.67. The fourth-order valence-electron chi connectivity index (χ4n) is 4.23. The molecule has 0 atom stereocenters. The molecule has 0 aliphatic heterocycles. The summed E-state index contributed by atoms with van der Waals surface area (Å²) in [6, 6.07) is 26.6. The van der Waals surface area contributed by atoms with Crippen LogP contribution in [0.5, 0.6) is 5.75 Å². The summed E-state index contributed by atoms with van der Waals surface area (Å²) in [6.45, 7) is 3.08.